The number of benzene rings is 2. The molecule has 0 bridgehead atoms. The minimum absolute atomic E-state index is 0.332. The van der Waals surface area contributed by atoms with E-state index in [0.717, 1.165) is 26.1 Å². The summed E-state index contributed by atoms with van der Waals surface area (Å²) in [5.41, 5.74) is 4.30. The van der Waals surface area contributed by atoms with Gasteiger partial charge in [-0.2, -0.15) is 0 Å². The second-order valence-electron chi connectivity index (χ2n) is 7.74. The lowest BCUT2D eigenvalue weighted by molar-refractivity contribution is 0.328. The fourth-order valence-electron chi connectivity index (χ4n) is 4.23. The standard InChI is InChI=1S/C23H23N3O2S2/c27-30(28,23-9-4-12-29-23)25-20-6-3-5-17(13-20)18-10-11-26(15-18)16-19-14-24-22-8-2-1-7-21(19)22/h1-9,12-14,18,24-25H,10-11,15-16H2. The van der Waals surface area contributed by atoms with Crippen molar-refractivity contribution in [2.75, 3.05) is 17.8 Å². The molecule has 1 aliphatic heterocycles. The molecule has 0 amide bonds. The highest BCUT2D eigenvalue weighted by molar-refractivity contribution is 7.94. The first-order chi connectivity index (χ1) is 14.6. The van der Waals surface area contributed by atoms with Crippen molar-refractivity contribution in [3.05, 3.63) is 83.4 Å². The SMILES string of the molecule is O=S(=O)(Nc1cccc(C2CCN(Cc3c[nH]c4ccccc34)C2)c1)c1cccs1. The van der Waals surface area contributed by atoms with Crippen LogP contribution in [0.1, 0.15) is 23.5 Å². The van der Waals surface area contributed by atoms with Crippen LogP contribution in [0.3, 0.4) is 0 Å². The van der Waals surface area contributed by atoms with E-state index in [1.807, 2.05) is 24.3 Å². The number of aromatic amines is 1. The smallest absolute Gasteiger partial charge is 0.271 e. The summed E-state index contributed by atoms with van der Waals surface area (Å²) < 4.78 is 28.1. The van der Waals surface area contributed by atoms with Crippen molar-refractivity contribution in [1.82, 2.24) is 9.88 Å². The summed E-state index contributed by atoms with van der Waals surface area (Å²) in [6.45, 7) is 2.93. The van der Waals surface area contributed by atoms with Gasteiger partial charge in [-0.15, -0.1) is 11.3 Å². The third-order valence-electron chi connectivity index (χ3n) is 5.71. The van der Waals surface area contributed by atoms with Gasteiger partial charge in [-0.25, -0.2) is 8.42 Å². The summed E-state index contributed by atoms with van der Waals surface area (Å²) in [6, 6.07) is 19.6. The highest BCUT2D eigenvalue weighted by Gasteiger charge is 2.25. The lowest BCUT2D eigenvalue weighted by Gasteiger charge is -2.16. The number of para-hydroxylation sites is 1. The average Bonchev–Trinajstić information content (AvgIpc) is 3.50. The van der Waals surface area contributed by atoms with Gasteiger partial charge in [0.2, 0.25) is 0 Å². The fourth-order valence-corrected chi connectivity index (χ4v) is 6.27. The summed E-state index contributed by atoms with van der Waals surface area (Å²) in [6.07, 6.45) is 3.18. The van der Waals surface area contributed by atoms with E-state index in [-0.39, 0.29) is 0 Å². The molecule has 5 rings (SSSR count). The van der Waals surface area contributed by atoms with E-state index in [2.05, 4.69) is 45.1 Å². The number of H-pyrrole nitrogens is 1. The zero-order chi connectivity index (χ0) is 20.6. The number of rotatable bonds is 6. The molecule has 1 aliphatic rings. The molecule has 0 spiro atoms. The Morgan fingerprint density at radius 1 is 1.10 bits per heavy atom. The van der Waals surface area contributed by atoms with Crippen molar-refractivity contribution in [3.8, 4) is 0 Å². The predicted octanol–water partition coefficient (Wildman–Crippen LogP) is 5.02. The molecule has 5 nitrogen and oxygen atoms in total. The number of hydrogen-bond acceptors (Lipinski definition) is 4. The van der Waals surface area contributed by atoms with Crippen LogP contribution in [0.25, 0.3) is 10.9 Å². The number of sulfonamides is 1. The number of aromatic nitrogens is 1. The lowest BCUT2D eigenvalue weighted by Crippen LogP contribution is -2.19. The molecule has 154 valence electrons. The van der Waals surface area contributed by atoms with Gasteiger partial charge in [-0.05, 0) is 59.7 Å². The number of fused-ring (bicyclic) bond motifs is 1. The second-order valence-corrected chi connectivity index (χ2v) is 10.6. The largest absolute Gasteiger partial charge is 0.361 e. The summed E-state index contributed by atoms with van der Waals surface area (Å²) in [4.78, 5) is 5.83. The Labute approximate surface area is 180 Å². The molecule has 0 radical (unpaired) electrons. The van der Waals surface area contributed by atoms with Crippen LogP contribution >= 0.6 is 11.3 Å². The van der Waals surface area contributed by atoms with Gasteiger partial charge in [0.1, 0.15) is 4.21 Å². The summed E-state index contributed by atoms with van der Waals surface area (Å²) in [7, 11) is -3.52. The van der Waals surface area contributed by atoms with Gasteiger partial charge in [0.05, 0.1) is 0 Å². The molecule has 2 aromatic heterocycles. The highest BCUT2D eigenvalue weighted by atomic mass is 32.2. The molecule has 1 fully saturated rings. The van der Waals surface area contributed by atoms with E-state index in [4.69, 9.17) is 0 Å². The zero-order valence-electron chi connectivity index (χ0n) is 16.4. The number of likely N-dealkylation sites (tertiary alicyclic amines) is 1. The first-order valence-electron chi connectivity index (χ1n) is 10.0. The molecule has 30 heavy (non-hydrogen) atoms. The van der Waals surface area contributed by atoms with E-state index < -0.39 is 10.0 Å². The van der Waals surface area contributed by atoms with E-state index >= 15 is 0 Å². The van der Waals surface area contributed by atoms with Crippen molar-refractivity contribution in [1.29, 1.82) is 0 Å². The number of anilines is 1. The van der Waals surface area contributed by atoms with Crippen LogP contribution in [0.2, 0.25) is 0 Å². The minimum atomic E-state index is -3.52. The van der Waals surface area contributed by atoms with Gasteiger partial charge in [0.25, 0.3) is 10.0 Å². The fraction of sp³-hybridized carbons (Fsp3) is 0.217. The maximum absolute atomic E-state index is 12.5. The molecule has 3 heterocycles. The van der Waals surface area contributed by atoms with Crippen LogP contribution < -0.4 is 4.72 Å². The van der Waals surface area contributed by atoms with E-state index in [1.54, 1.807) is 17.5 Å². The molecule has 1 saturated heterocycles. The van der Waals surface area contributed by atoms with Crippen LogP contribution in [0, 0.1) is 0 Å². The summed E-state index contributed by atoms with van der Waals surface area (Å²) in [5, 5.41) is 3.05. The maximum atomic E-state index is 12.5. The molecular formula is C23H23N3O2S2. The second kappa shape index (κ2) is 7.91. The Kier molecular flexibility index (Phi) is 5.10. The first kappa shape index (κ1) is 19.4. The molecule has 2 aromatic carbocycles. The molecule has 7 heteroatoms. The van der Waals surface area contributed by atoms with Gasteiger partial charge in [-0.3, -0.25) is 9.62 Å². The van der Waals surface area contributed by atoms with Crippen molar-refractivity contribution < 1.29 is 8.42 Å². The Hall–Kier alpha value is -2.61. The number of nitrogens with one attached hydrogen (secondary N) is 2. The maximum Gasteiger partial charge on any atom is 0.271 e. The van der Waals surface area contributed by atoms with Crippen molar-refractivity contribution in [3.63, 3.8) is 0 Å². The van der Waals surface area contributed by atoms with Gasteiger partial charge in [0.15, 0.2) is 0 Å². The molecule has 2 N–H and O–H groups in total. The Morgan fingerprint density at radius 3 is 2.87 bits per heavy atom. The summed E-state index contributed by atoms with van der Waals surface area (Å²) >= 11 is 1.22. The molecule has 4 aromatic rings. The third kappa shape index (κ3) is 3.88. The van der Waals surface area contributed by atoms with Crippen molar-refractivity contribution >= 4 is 38.0 Å². The number of nitrogens with zero attached hydrogens (tertiary/aromatic N) is 1. The van der Waals surface area contributed by atoms with Crippen LogP contribution in [0.4, 0.5) is 5.69 Å². The molecule has 0 aliphatic carbocycles. The topological polar surface area (TPSA) is 65.2 Å². The first-order valence-corrected chi connectivity index (χ1v) is 12.4. The molecule has 0 saturated carbocycles. The Morgan fingerprint density at radius 2 is 2.00 bits per heavy atom. The van der Waals surface area contributed by atoms with E-state index in [0.29, 0.717) is 15.8 Å². The van der Waals surface area contributed by atoms with E-state index in [1.165, 1.54) is 33.4 Å². The van der Waals surface area contributed by atoms with Crippen LogP contribution in [0.5, 0.6) is 0 Å². The van der Waals surface area contributed by atoms with Crippen LogP contribution in [0.15, 0.2) is 76.4 Å². The highest BCUT2D eigenvalue weighted by Crippen LogP contribution is 2.31. The third-order valence-corrected chi connectivity index (χ3v) is 8.49. The number of thiophene rings is 1. The van der Waals surface area contributed by atoms with Gasteiger partial charge in [0, 0.05) is 35.9 Å². The summed E-state index contributed by atoms with van der Waals surface area (Å²) in [5.74, 6) is 0.404. The van der Waals surface area contributed by atoms with Crippen LogP contribution in [-0.4, -0.2) is 31.4 Å². The van der Waals surface area contributed by atoms with Gasteiger partial charge >= 0.3 is 0 Å². The molecule has 1 unspecified atom stereocenters. The molecule has 1 atom stereocenters. The number of hydrogen-bond donors (Lipinski definition) is 2. The molecular weight excluding hydrogens is 414 g/mol. The monoisotopic (exact) mass is 437 g/mol. The van der Waals surface area contributed by atoms with Gasteiger partial charge < -0.3 is 4.98 Å². The van der Waals surface area contributed by atoms with Crippen molar-refractivity contribution in [2.24, 2.45) is 0 Å². The van der Waals surface area contributed by atoms with Gasteiger partial charge in [-0.1, -0.05) is 36.4 Å². The van der Waals surface area contributed by atoms with Crippen molar-refractivity contribution in [2.45, 2.75) is 23.1 Å². The van der Waals surface area contributed by atoms with E-state index in [9.17, 15) is 8.42 Å². The Bertz CT molecular complexity index is 1260. The zero-order valence-corrected chi connectivity index (χ0v) is 18.0. The lowest BCUT2D eigenvalue weighted by atomic mass is 9.98. The van der Waals surface area contributed by atoms with Crippen LogP contribution in [-0.2, 0) is 16.6 Å². The predicted molar refractivity (Wildman–Crippen MR) is 123 cm³/mol. The normalized spacial score (nSPS) is 17.5. The minimum Gasteiger partial charge on any atom is -0.361 e. The quantitative estimate of drug-likeness (QED) is 0.445. The average molecular weight is 438 g/mol. The Balaban J connectivity index is 1.28.